The van der Waals surface area contributed by atoms with E-state index in [9.17, 15) is 4.79 Å². The molecular weight excluding hydrogens is 280 g/mol. The van der Waals surface area contributed by atoms with Crippen LogP contribution in [0.2, 0.25) is 0 Å². The lowest BCUT2D eigenvalue weighted by atomic mass is 10.3. The van der Waals surface area contributed by atoms with Crippen molar-refractivity contribution in [2.75, 3.05) is 19.0 Å². The van der Waals surface area contributed by atoms with Crippen molar-refractivity contribution in [3.63, 3.8) is 0 Å². The van der Waals surface area contributed by atoms with Crippen LogP contribution in [0.5, 0.6) is 11.5 Å². The second-order valence-corrected chi connectivity index (χ2v) is 4.86. The summed E-state index contributed by atoms with van der Waals surface area (Å²) in [5.41, 5.74) is 0.674. The van der Waals surface area contributed by atoms with Crippen LogP contribution in [0.15, 0.2) is 54.6 Å². The Kier molecular flexibility index (Phi) is 5.65. The van der Waals surface area contributed by atoms with Gasteiger partial charge in [-0.05, 0) is 31.2 Å². The fourth-order valence-electron chi connectivity index (χ4n) is 1.87. The Morgan fingerprint density at radius 1 is 1.09 bits per heavy atom. The van der Waals surface area contributed by atoms with Crippen LogP contribution in [0.3, 0.4) is 0 Å². The number of nitrogens with one attached hydrogen (secondary N) is 2. The van der Waals surface area contributed by atoms with Crippen molar-refractivity contribution in [1.29, 1.82) is 0 Å². The zero-order chi connectivity index (χ0) is 15.8. The van der Waals surface area contributed by atoms with E-state index < -0.39 is 0 Å². The van der Waals surface area contributed by atoms with Crippen molar-refractivity contribution in [2.45, 2.75) is 13.0 Å². The molecule has 5 nitrogen and oxygen atoms in total. The smallest absolute Gasteiger partial charge is 0.319 e. The average Bonchev–Trinajstić information content (AvgIpc) is 2.54. The molecule has 0 aliphatic carbocycles. The van der Waals surface area contributed by atoms with Crippen molar-refractivity contribution >= 4 is 11.7 Å². The first-order valence-corrected chi connectivity index (χ1v) is 7.07. The number of rotatable bonds is 6. The van der Waals surface area contributed by atoms with E-state index in [1.165, 1.54) is 0 Å². The van der Waals surface area contributed by atoms with Crippen LogP contribution < -0.4 is 20.1 Å². The fraction of sp³-hybridized carbons (Fsp3) is 0.235. The van der Waals surface area contributed by atoms with Crippen molar-refractivity contribution in [2.24, 2.45) is 0 Å². The minimum atomic E-state index is -0.280. The molecule has 1 unspecified atom stereocenters. The highest BCUT2D eigenvalue weighted by molar-refractivity contribution is 5.89. The molecule has 0 aliphatic rings. The second-order valence-electron chi connectivity index (χ2n) is 4.86. The number of urea groups is 1. The monoisotopic (exact) mass is 300 g/mol. The van der Waals surface area contributed by atoms with Crippen LogP contribution in [-0.2, 0) is 0 Å². The van der Waals surface area contributed by atoms with E-state index in [2.05, 4.69) is 10.6 Å². The summed E-state index contributed by atoms with van der Waals surface area (Å²) >= 11 is 0. The highest BCUT2D eigenvalue weighted by atomic mass is 16.5. The zero-order valence-electron chi connectivity index (χ0n) is 12.7. The van der Waals surface area contributed by atoms with Gasteiger partial charge < -0.3 is 20.1 Å². The summed E-state index contributed by atoms with van der Waals surface area (Å²) in [6.45, 7) is 2.28. The summed E-state index contributed by atoms with van der Waals surface area (Å²) in [6.07, 6.45) is 0. The predicted molar refractivity (Wildman–Crippen MR) is 86.5 cm³/mol. The molecule has 1 atom stereocenters. The molecule has 22 heavy (non-hydrogen) atoms. The minimum Gasteiger partial charge on any atom is -0.497 e. The first-order chi connectivity index (χ1) is 10.7. The summed E-state index contributed by atoms with van der Waals surface area (Å²) < 4.78 is 10.7. The molecule has 0 spiro atoms. The summed E-state index contributed by atoms with van der Waals surface area (Å²) in [5, 5.41) is 5.58. The Morgan fingerprint density at radius 3 is 2.55 bits per heavy atom. The van der Waals surface area contributed by atoms with Gasteiger partial charge in [0.25, 0.3) is 0 Å². The molecule has 2 aromatic carbocycles. The van der Waals surface area contributed by atoms with Crippen LogP contribution in [0.25, 0.3) is 0 Å². The topological polar surface area (TPSA) is 59.6 Å². The molecule has 0 fully saturated rings. The van der Waals surface area contributed by atoms with E-state index in [0.29, 0.717) is 18.0 Å². The number of hydrogen-bond acceptors (Lipinski definition) is 3. The maximum atomic E-state index is 11.9. The van der Waals surface area contributed by atoms with Gasteiger partial charge in [0.1, 0.15) is 18.1 Å². The third kappa shape index (κ3) is 5.01. The molecular formula is C17H20N2O3. The van der Waals surface area contributed by atoms with Crippen LogP contribution in [0.1, 0.15) is 6.92 Å². The third-order valence-electron chi connectivity index (χ3n) is 2.95. The Bertz CT molecular complexity index is 602. The number of anilines is 1. The molecule has 0 saturated carbocycles. The summed E-state index contributed by atoms with van der Waals surface area (Å²) in [6, 6.07) is 16.3. The molecule has 0 aliphatic heterocycles. The molecule has 0 radical (unpaired) electrons. The van der Waals surface area contributed by atoms with Gasteiger partial charge in [0.05, 0.1) is 13.2 Å². The highest BCUT2D eigenvalue weighted by Crippen LogP contribution is 2.16. The molecule has 116 valence electrons. The molecule has 0 aromatic heterocycles. The zero-order valence-corrected chi connectivity index (χ0v) is 12.7. The Morgan fingerprint density at radius 2 is 1.82 bits per heavy atom. The number of carbonyl (C=O) groups excluding carboxylic acids is 1. The van der Waals surface area contributed by atoms with Gasteiger partial charge in [-0.25, -0.2) is 4.79 Å². The molecule has 2 N–H and O–H groups in total. The summed E-state index contributed by atoms with van der Waals surface area (Å²) in [4.78, 5) is 11.9. The first kappa shape index (κ1) is 15.7. The standard InChI is InChI=1S/C17H20N2O3/c1-13(12-22-15-8-4-3-5-9-15)18-17(20)19-14-7-6-10-16(11-14)21-2/h3-11,13H,12H2,1-2H3,(H2,18,19,20). The number of amides is 2. The average molecular weight is 300 g/mol. The number of carbonyl (C=O) groups is 1. The lowest BCUT2D eigenvalue weighted by Gasteiger charge is -2.15. The molecule has 0 saturated heterocycles. The molecule has 0 heterocycles. The highest BCUT2D eigenvalue weighted by Gasteiger charge is 2.08. The van der Waals surface area contributed by atoms with Gasteiger partial charge in [0, 0.05) is 11.8 Å². The molecule has 2 rings (SSSR count). The summed E-state index contributed by atoms with van der Waals surface area (Å²) in [5.74, 6) is 1.47. The number of benzene rings is 2. The van der Waals surface area contributed by atoms with Crippen molar-refractivity contribution in [3.8, 4) is 11.5 Å². The van der Waals surface area contributed by atoms with E-state index in [4.69, 9.17) is 9.47 Å². The molecule has 5 heteroatoms. The number of ether oxygens (including phenoxy) is 2. The van der Waals surface area contributed by atoms with Gasteiger partial charge >= 0.3 is 6.03 Å². The number of para-hydroxylation sites is 1. The van der Waals surface area contributed by atoms with Crippen molar-refractivity contribution in [3.05, 3.63) is 54.6 Å². The number of hydrogen-bond donors (Lipinski definition) is 2. The SMILES string of the molecule is COc1cccc(NC(=O)NC(C)COc2ccccc2)c1. The second kappa shape index (κ2) is 7.93. The first-order valence-electron chi connectivity index (χ1n) is 7.07. The lowest BCUT2D eigenvalue weighted by Crippen LogP contribution is -2.39. The summed E-state index contributed by atoms with van der Waals surface area (Å²) in [7, 11) is 1.59. The van der Waals surface area contributed by atoms with Gasteiger partial charge in [-0.3, -0.25) is 0 Å². The molecule has 0 bridgehead atoms. The fourth-order valence-corrected chi connectivity index (χ4v) is 1.87. The van der Waals surface area contributed by atoms with Gasteiger partial charge in [0.2, 0.25) is 0 Å². The van der Waals surface area contributed by atoms with E-state index in [1.807, 2.05) is 49.4 Å². The van der Waals surface area contributed by atoms with Crippen molar-refractivity contribution < 1.29 is 14.3 Å². The quantitative estimate of drug-likeness (QED) is 0.860. The maximum Gasteiger partial charge on any atom is 0.319 e. The Labute approximate surface area is 130 Å². The largest absolute Gasteiger partial charge is 0.497 e. The van der Waals surface area contributed by atoms with E-state index in [-0.39, 0.29) is 12.1 Å². The Hall–Kier alpha value is -2.69. The third-order valence-corrected chi connectivity index (χ3v) is 2.95. The maximum absolute atomic E-state index is 11.9. The van der Waals surface area contributed by atoms with E-state index in [1.54, 1.807) is 19.2 Å². The van der Waals surface area contributed by atoms with Crippen LogP contribution in [0.4, 0.5) is 10.5 Å². The van der Waals surface area contributed by atoms with Gasteiger partial charge in [-0.2, -0.15) is 0 Å². The Balaban J connectivity index is 1.78. The van der Waals surface area contributed by atoms with E-state index in [0.717, 1.165) is 5.75 Å². The normalized spacial score (nSPS) is 11.4. The molecule has 2 aromatic rings. The van der Waals surface area contributed by atoms with Gasteiger partial charge in [-0.15, -0.1) is 0 Å². The van der Waals surface area contributed by atoms with Gasteiger partial charge in [-0.1, -0.05) is 24.3 Å². The predicted octanol–water partition coefficient (Wildman–Crippen LogP) is 3.28. The van der Waals surface area contributed by atoms with Gasteiger partial charge in [0.15, 0.2) is 0 Å². The lowest BCUT2D eigenvalue weighted by molar-refractivity contribution is 0.236. The minimum absolute atomic E-state index is 0.120. The number of methoxy groups -OCH3 is 1. The van der Waals surface area contributed by atoms with Crippen LogP contribution >= 0.6 is 0 Å². The van der Waals surface area contributed by atoms with Crippen molar-refractivity contribution in [1.82, 2.24) is 5.32 Å². The molecule has 2 amide bonds. The van der Waals surface area contributed by atoms with Crippen LogP contribution in [0, 0.1) is 0 Å². The van der Waals surface area contributed by atoms with E-state index >= 15 is 0 Å². The van der Waals surface area contributed by atoms with Crippen LogP contribution in [-0.4, -0.2) is 25.8 Å².